The number of aliphatic hydroxyl groups is 1. The van der Waals surface area contributed by atoms with Crippen LogP contribution in [0.15, 0.2) is 16.6 Å². The molecule has 0 radical (unpaired) electrons. The van der Waals surface area contributed by atoms with Gasteiger partial charge in [-0.3, -0.25) is 0 Å². The second-order valence-electron chi connectivity index (χ2n) is 4.63. The lowest BCUT2D eigenvalue weighted by Crippen LogP contribution is -2.32. The molecule has 4 nitrogen and oxygen atoms in total. The molecule has 0 aliphatic carbocycles. The van der Waals surface area contributed by atoms with Gasteiger partial charge >= 0.3 is 0 Å². The van der Waals surface area contributed by atoms with Crippen LogP contribution in [0.25, 0.3) is 0 Å². The highest BCUT2D eigenvalue weighted by Crippen LogP contribution is 2.39. The summed E-state index contributed by atoms with van der Waals surface area (Å²) in [5.41, 5.74) is 6.31. The summed E-state index contributed by atoms with van der Waals surface area (Å²) in [7, 11) is 0. The highest BCUT2D eigenvalue weighted by Gasteiger charge is 2.29. The molecule has 0 aliphatic heterocycles. The van der Waals surface area contributed by atoms with Gasteiger partial charge < -0.3 is 15.9 Å². The van der Waals surface area contributed by atoms with Gasteiger partial charge in [0.05, 0.1) is 16.1 Å². The van der Waals surface area contributed by atoms with Crippen LogP contribution in [0.2, 0.25) is 0 Å². The number of hydrogen-bond acceptors (Lipinski definition) is 4. The van der Waals surface area contributed by atoms with Crippen LogP contribution in [0, 0.1) is 16.7 Å². The summed E-state index contributed by atoms with van der Waals surface area (Å²) >= 11 is 3.18. The fourth-order valence-corrected chi connectivity index (χ4v) is 1.92. The molecule has 92 valence electrons. The minimum atomic E-state index is -0.578. The van der Waals surface area contributed by atoms with E-state index in [4.69, 9.17) is 11.0 Å². The third-order valence-corrected chi connectivity index (χ3v) is 3.41. The molecule has 0 amide bonds. The van der Waals surface area contributed by atoms with E-state index in [0.717, 1.165) is 0 Å². The number of phenols is 1. The Hall–Kier alpha value is -1.09. The average Bonchev–Trinajstić information content (AvgIpc) is 2.31. The minimum Gasteiger partial charge on any atom is -0.506 e. The molecule has 0 unspecified atom stereocenters. The summed E-state index contributed by atoms with van der Waals surface area (Å²) in [5, 5.41) is 28.1. The molecule has 1 aromatic rings. The molecule has 0 saturated carbocycles. The second kappa shape index (κ2) is 5.05. The largest absolute Gasteiger partial charge is 0.506 e. The van der Waals surface area contributed by atoms with Crippen molar-refractivity contribution >= 4 is 15.9 Å². The van der Waals surface area contributed by atoms with Crippen LogP contribution in [0.1, 0.15) is 31.0 Å². The molecule has 0 heterocycles. The van der Waals surface area contributed by atoms with Crippen molar-refractivity contribution in [3.8, 4) is 11.8 Å². The van der Waals surface area contributed by atoms with Crippen LogP contribution in [0.5, 0.6) is 5.75 Å². The van der Waals surface area contributed by atoms with Crippen LogP contribution in [0.4, 0.5) is 0 Å². The first-order valence-electron chi connectivity index (χ1n) is 5.12. The highest BCUT2D eigenvalue weighted by atomic mass is 79.9. The third-order valence-electron chi connectivity index (χ3n) is 2.81. The zero-order valence-electron chi connectivity index (χ0n) is 9.74. The Balaban J connectivity index is 3.32. The van der Waals surface area contributed by atoms with E-state index in [1.54, 1.807) is 19.9 Å². The monoisotopic (exact) mass is 298 g/mol. The fourth-order valence-electron chi connectivity index (χ4n) is 1.44. The number of aromatic hydroxyl groups is 1. The number of hydrogen-bond donors (Lipinski definition) is 3. The Morgan fingerprint density at radius 1 is 1.53 bits per heavy atom. The Bertz CT molecular complexity index is 466. The Labute approximate surface area is 109 Å². The average molecular weight is 299 g/mol. The van der Waals surface area contributed by atoms with E-state index in [1.165, 1.54) is 6.07 Å². The zero-order valence-corrected chi connectivity index (χ0v) is 11.3. The van der Waals surface area contributed by atoms with Gasteiger partial charge in [-0.15, -0.1) is 0 Å². The lowest BCUT2D eigenvalue weighted by Gasteiger charge is -2.30. The van der Waals surface area contributed by atoms with Crippen molar-refractivity contribution in [1.29, 1.82) is 5.26 Å². The smallest absolute Gasteiger partial charge is 0.134 e. The predicted octanol–water partition coefficient (Wildman–Crippen LogP) is 2.04. The lowest BCUT2D eigenvalue weighted by atomic mass is 9.81. The molecular weight excluding hydrogens is 284 g/mol. The van der Waals surface area contributed by atoms with Gasteiger partial charge in [0, 0.05) is 23.6 Å². The number of rotatable bonds is 3. The van der Waals surface area contributed by atoms with Gasteiger partial charge in [-0.05, 0) is 28.1 Å². The lowest BCUT2D eigenvalue weighted by molar-refractivity contribution is 0.131. The fraction of sp³-hybridized carbons (Fsp3) is 0.417. The molecule has 0 aliphatic rings. The maximum atomic E-state index is 9.93. The number of nitriles is 1. The first kappa shape index (κ1) is 14.0. The Morgan fingerprint density at radius 2 is 2.12 bits per heavy atom. The Kier molecular flexibility index (Phi) is 4.15. The van der Waals surface area contributed by atoms with Gasteiger partial charge in [0.2, 0.25) is 0 Å². The van der Waals surface area contributed by atoms with Crippen molar-refractivity contribution in [2.24, 2.45) is 11.1 Å². The molecule has 5 heteroatoms. The topological polar surface area (TPSA) is 90.3 Å². The standard InChI is InChI=1S/C12H15BrN2O2/c1-12(2,6-16)11(15)8-3-7(5-14)4-9(13)10(8)17/h3-4,11,16-17H,6,15H2,1-2H3/t11-/m0/s1. The number of nitrogens with zero attached hydrogens (tertiary/aromatic N) is 1. The zero-order chi connectivity index (χ0) is 13.2. The molecule has 1 rings (SSSR count). The normalized spacial score (nSPS) is 13.2. The molecule has 17 heavy (non-hydrogen) atoms. The molecule has 0 spiro atoms. The van der Waals surface area contributed by atoms with Crippen LogP contribution in [-0.2, 0) is 0 Å². The van der Waals surface area contributed by atoms with Gasteiger partial charge in [-0.2, -0.15) is 5.26 Å². The maximum Gasteiger partial charge on any atom is 0.134 e. The van der Waals surface area contributed by atoms with E-state index in [2.05, 4.69) is 15.9 Å². The van der Waals surface area contributed by atoms with E-state index >= 15 is 0 Å². The van der Waals surface area contributed by atoms with E-state index in [-0.39, 0.29) is 12.4 Å². The number of aliphatic hydroxyl groups excluding tert-OH is 1. The maximum absolute atomic E-state index is 9.93. The summed E-state index contributed by atoms with van der Waals surface area (Å²) in [5.74, 6) is 0.0121. The molecule has 1 aromatic carbocycles. The van der Waals surface area contributed by atoms with Crippen molar-refractivity contribution in [3.63, 3.8) is 0 Å². The van der Waals surface area contributed by atoms with Crippen molar-refractivity contribution in [1.82, 2.24) is 0 Å². The highest BCUT2D eigenvalue weighted by molar-refractivity contribution is 9.10. The minimum absolute atomic E-state index is 0.0121. The quantitative estimate of drug-likeness (QED) is 0.796. The molecule has 0 aromatic heterocycles. The first-order chi connectivity index (χ1) is 7.83. The van der Waals surface area contributed by atoms with Gasteiger partial charge in [-0.1, -0.05) is 13.8 Å². The van der Waals surface area contributed by atoms with E-state index in [0.29, 0.717) is 15.6 Å². The first-order valence-corrected chi connectivity index (χ1v) is 5.91. The molecule has 0 saturated heterocycles. The molecule has 4 N–H and O–H groups in total. The molecule has 0 bridgehead atoms. The van der Waals surface area contributed by atoms with Crippen LogP contribution >= 0.6 is 15.9 Å². The van der Waals surface area contributed by atoms with Gasteiger partial charge in [0.15, 0.2) is 0 Å². The summed E-state index contributed by atoms with van der Waals surface area (Å²) in [6.07, 6.45) is 0. The SMILES string of the molecule is CC(C)(CO)[C@@H](N)c1cc(C#N)cc(Br)c1O. The summed E-state index contributed by atoms with van der Waals surface area (Å²) in [6.45, 7) is 3.48. The number of benzene rings is 1. The van der Waals surface area contributed by atoms with Gasteiger partial charge in [-0.25, -0.2) is 0 Å². The predicted molar refractivity (Wildman–Crippen MR) is 68.3 cm³/mol. The molecule has 0 fully saturated rings. The van der Waals surface area contributed by atoms with Crippen molar-refractivity contribution in [3.05, 3.63) is 27.7 Å². The molecule has 1 atom stereocenters. The molecular formula is C12H15BrN2O2. The van der Waals surface area contributed by atoms with Crippen molar-refractivity contribution in [2.45, 2.75) is 19.9 Å². The van der Waals surface area contributed by atoms with E-state index in [1.807, 2.05) is 6.07 Å². The second-order valence-corrected chi connectivity index (χ2v) is 5.49. The number of halogens is 1. The number of phenolic OH excluding ortho intramolecular Hbond substituents is 1. The van der Waals surface area contributed by atoms with Crippen LogP contribution in [-0.4, -0.2) is 16.8 Å². The summed E-state index contributed by atoms with van der Waals surface area (Å²) in [4.78, 5) is 0. The van der Waals surface area contributed by atoms with Crippen LogP contribution in [0.3, 0.4) is 0 Å². The van der Waals surface area contributed by atoms with E-state index in [9.17, 15) is 10.2 Å². The van der Waals surface area contributed by atoms with Crippen molar-refractivity contribution < 1.29 is 10.2 Å². The van der Waals surface area contributed by atoms with Crippen molar-refractivity contribution in [2.75, 3.05) is 6.61 Å². The Morgan fingerprint density at radius 3 is 2.59 bits per heavy atom. The third kappa shape index (κ3) is 2.78. The summed E-state index contributed by atoms with van der Waals surface area (Å²) < 4.78 is 0.427. The van der Waals surface area contributed by atoms with E-state index < -0.39 is 11.5 Å². The number of nitrogens with two attached hydrogens (primary N) is 1. The van der Waals surface area contributed by atoms with Gasteiger partial charge in [0.1, 0.15) is 5.75 Å². The summed E-state index contributed by atoms with van der Waals surface area (Å²) in [6, 6.07) is 4.51. The van der Waals surface area contributed by atoms with Gasteiger partial charge in [0.25, 0.3) is 0 Å². The van der Waals surface area contributed by atoms with Crippen LogP contribution < -0.4 is 5.73 Å².